The lowest BCUT2D eigenvalue weighted by Crippen LogP contribution is -2.44. The van der Waals surface area contributed by atoms with E-state index in [1.165, 1.54) is 0 Å². The zero-order valence-corrected chi connectivity index (χ0v) is 9.23. The van der Waals surface area contributed by atoms with Crippen LogP contribution in [0.25, 0.3) is 0 Å². The van der Waals surface area contributed by atoms with Gasteiger partial charge in [0.2, 0.25) is 0 Å². The molecule has 0 saturated heterocycles. The summed E-state index contributed by atoms with van der Waals surface area (Å²) in [6.07, 6.45) is 2.90. The van der Waals surface area contributed by atoms with Crippen molar-refractivity contribution in [3.05, 3.63) is 0 Å². The average molecular weight is 187 g/mol. The van der Waals surface area contributed by atoms with Crippen LogP contribution in [0, 0.1) is 11.8 Å². The molecule has 2 heteroatoms. The quantitative estimate of drug-likeness (QED) is 0.719. The molecule has 0 heterocycles. The summed E-state index contributed by atoms with van der Waals surface area (Å²) in [5.74, 6) is 0.557. The first kappa shape index (κ1) is 11.0. The zero-order valence-electron chi connectivity index (χ0n) is 9.23. The lowest BCUT2D eigenvalue weighted by molar-refractivity contribution is 0.0802. The van der Waals surface area contributed by atoms with Gasteiger partial charge in [0.15, 0.2) is 0 Å². The molecular formula is C11H22FN. The van der Waals surface area contributed by atoms with Crippen LogP contribution in [0.5, 0.6) is 0 Å². The fourth-order valence-corrected chi connectivity index (χ4v) is 2.16. The second-order valence-corrected chi connectivity index (χ2v) is 5.48. The van der Waals surface area contributed by atoms with Crippen LogP contribution in [0.3, 0.4) is 0 Å². The van der Waals surface area contributed by atoms with Crippen LogP contribution in [0.2, 0.25) is 0 Å². The summed E-state index contributed by atoms with van der Waals surface area (Å²) < 4.78 is 13.9. The highest BCUT2D eigenvalue weighted by atomic mass is 19.1. The van der Waals surface area contributed by atoms with E-state index in [-0.39, 0.29) is 11.5 Å². The van der Waals surface area contributed by atoms with E-state index in [4.69, 9.17) is 5.73 Å². The van der Waals surface area contributed by atoms with E-state index in [1.807, 2.05) is 0 Å². The molecule has 1 rings (SSSR count). The maximum atomic E-state index is 13.9. The maximum Gasteiger partial charge on any atom is 0.110 e. The lowest BCUT2D eigenvalue weighted by Gasteiger charge is -2.33. The number of halogens is 1. The van der Waals surface area contributed by atoms with Crippen molar-refractivity contribution in [2.75, 3.05) is 0 Å². The van der Waals surface area contributed by atoms with Gasteiger partial charge in [-0.25, -0.2) is 4.39 Å². The van der Waals surface area contributed by atoms with Gasteiger partial charge in [0, 0.05) is 11.5 Å². The monoisotopic (exact) mass is 187 g/mol. The largest absolute Gasteiger partial charge is 0.325 e. The normalized spacial score (nSPS) is 23.3. The molecule has 0 aromatic heterocycles. The van der Waals surface area contributed by atoms with Crippen molar-refractivity contribution in [3.63, 3.8) is 0 Å². The summed E-state index contributed by atoms with van der Waals surface area (Å²) in [6, 6.07) is 0. The lowest BCUT2D eigenvalue weighted by atomic mass is 9.79. The number of rotatable bonds is 4. The van der Waals surface area contributed by atoms with Gasteiger partial charge in [-0.1, -0.05) is 13.8 Å². The topological polar surface area (TPSA) is 26.0 Å². The van der Waals surface area contributed by atoms with Gasteiger partial charge < -0.3 is 5.73 Å². The first-order valence-electron chi connectivity index (χ1n) is 5.23. The minimum Gasteiger partial charge on any atom is -0.325 e. The highest BCUT2D eigenvalue weighted by molar-refractivity contribution is 5.08. The fraction of sp³-hybridized carbons (Fsp3) is 1.00. The molecule has 0 amide bonds. The smallest absolute Gasteiger partial charge is 0.110 e. The number of hydrogen-bond acceptors (Lipinski definition) is 1. The SMILES string of the molecule is CC(C)CC(C(C)(C)F)C1(N)CC1. The van der Waals surface area contributed by atoms with Crippen LogP contribution in [0.1, 0.15) is 47.0 Å². The van der Waals surface area contributed by atoms with Crippen LogP contribution < -0.4 is 5.73 Å². The Labute approximate surface area is 80.9 Å². The number of nitrogens with two attached hydrogens (primary N) is 1. The molecule has 1 aliphatic rings. The van der Waals surface area contributed by atoms with Crippen LogP contribution in [-0.2, 0) is 0 Å². The Hall–Kier alpha value is -0.110. The number of alkyl halides is 1. The second-order valence-electron chi connectivity index (χ2n) is 5.48. The van der Waals surface area contributed by atoms with E-state index in [0.717, 1.165) is 19.3 Å². The first-order chi connectivity index (χ1) is 5.76. The van der Waals surface area contributed by atoms with Crippen LogP contribution >= 0.6 is 0 Å². The Balaban J connectivity index is 2.66. The highest BCUT2D eigenvalue weighted by Crippen LogP contribution is 2.48. The van der Waals surface area contributed by atoms with Crippen molar-refractivity contribution in [1.82, 2.24) is 0 Å². The molecule has 1 atom stereocenters. The summed E-state index contributed by atoms with van der Waals surface area (Å²) in [4.78, 5) is 0. The predicted molar refractivity (Wildman–Crippen MR) is 54.3 cm³/mol. The molecule has 0 bridgehead atoms. The molecule has 0 aliphatic heterocycles. The number of hydrogen-bond donors (Lipinski definition) is 1. The standard InChI is InChI=1S/C11H22FN/c1-8(2)7-9(10(3,4)12)11(13)5-6-11/h8-9H,5-7,13H2,1-4H3. The summed E-state index contributed by atoms with van der Waals surface area (Å²) in [5.41, 5.74) is 4.76. The van der Waals surface area contributed by atoms with E-state index in [0.29, 0.717) is 5.92 Å². The predicted octanol–water partition coefficient (Wildman–Crippen LogP) is 2.89. The van der Waals surface area contributed by atoms with Crippen LogP contribution in [-0.4, -0.2) is 11.2 Å². The Kier molecular flexibility index (Phi) is 2.73. The molecule has 0 aromatic rings. The van der Waals surface area contributed by atoms with Gasteiger partial charge in [-0.2, -0.15) is 0 Å². The molecule has 0 radical (unpaired) electrons. The second kappa shape index (κ2) is 3.23. The summed E-state index contributed by atoms with van der Waals surface area (Å²) in [7, 11) is 0. The minimum absolute atomic E-state index is 0.0278. The average Bonchev–Trinajstić information content (AvgIpc) is 2.61. The Bertz CT molecular complexity index is 172. The highest BCUT2D eigenvalue weighted by Gasteiger charge is 2.51. The maximum absolute atomic E-state index is 13.9. The van der Waals surface area contributed by atoms with E-state index in [2.05, 4.69) is 13.8 Å². The van der Waals surface area contributed by atoms with Crippen molar-refractivity contribution in [1.29, 1.82) is 0 Å². The molecule has 78 valence electrons. The minimum atomic E-state index is -1.13. The van der Waals surface area contributed by atoms with Crippen LogP contribution in [0.15, 0.2) is 0 Å². The van der Waals surface area contributed by atoms with Gasteiger partial charge >= 0.3 is 0 Å². The van der Waals surface area contributed by atoms with Crippen LogP contribution in [0.4, 0.5) is 4.39 Å². The zero-order chi connectivity index (χ0) is 10.3. The summed E-state index contributed by atoms with van der Waals surface area (Å²) in [6.45, 7) is 7.58. The van der Waals surface area contributed by atoms with Crippen molar-refractivity contribution in [2.24, 2.45) is 17.6 Å². The molecule has 1 unspecified atom stereocenters. The molecule has 1 saturated carbocycles. The summed E-state index contributed by atoms with van der Waals surface area (Å²) in [5, 5.41) is 0. The molecular weight excluding hydrogens is 165 g/mol. The third-order valence-corrected chi connectivity index (χ3v) is 3.06. The third-order valence-electron chi connectivity index (χ3n) is 3.06. The first-order valence-corrected chi connectivity index (χ1v) is 5.23. The van der Waals surface area contributed by atoms with Gasteiger partial charge in [0.1, 0.15) is 5.67 Å². The van der Waals surface area contributed by atoms with Crippen molar-refractivity contribution < 1.29 is 4.39 Å². The molecule has 1 fully saturated rings. The molecule has 0 spiro atoms. The Morgan fingerprint density at radius 3 is 2.08 bits per heavy atom. The molecule has 1 nitrogen and oxygen atoms in total. The van der Waals surface area contributed by atoms with E-state index in [9.17, 15) is 4.39 Å². The molecule has 13 heavy (non-hydrogen) atoms. The molecule has 2 N–H and O–H groups in total. The van der Waals surface area contributed by atoms with Gasteiger partial charge in [0.25, 0.3) is 0 Å². The van der Waals surface area contributed by atoms with Crippen molar-refractivity contribution >= 4 is 0 Å². The van der Waals surface area contributed by atoms with Gasteiger partial charge in [-0.3, -0.25) is 0 Å². The summed E-state index contributed by atoms with van der Waals surface area (Å²) >= 11 is 0. The third kappa shape index (κ3) is 2.67. The fourth-order valence-electron chi connectivity index (χ4n) is 2.16. The van der Waals surface area contributed by atoms with Crippen molar-refractivity contribution in [3.8, 4) is 0 Å². The van der Waals surface area contributed by atoms with Gasteiger partial charge in [-0.05, 0) is 39.0 Å². The van der Waals surface area contributed by atoms with E-state index < -0.39 is 5.67 Å². The van der Waals surface area contributed by atoms with Crippen molar-refractivity contribution in [2.45, 2.75) is 58.2 Å². The molecule has 1 aliphatic carbocycles. The van der Waals surface area contributed by atoms with E-state index in [1.54, 1.807) is 13.8 Å². The Morgan fingerprint density at radius 1 is 1.38 bits per heavy atom. The van der Waals surface area contributed by atoms with Gasteiger partial charge in [0.05, 0.1) is 0 Å². The Morgan fingerprint density at radius 2 is 1.85 bits per heavy atom. The van der Waals surface area contributed by atoms with E-state index >= 15 is 0 Å². The van der Waals surface area contributed by atoms with Gasteiger partial charge in [-0.15, -0.1) is 0 Å². The molecule has 0 aromatic carbocycles.